The van der Waals surface area contributed by atoms with Gasteiger partial charge in [0, 0.05) is 10.2 Å². The van der Waals surface area contributed by atoms with Crippen molar-refractivity contribution in [1.82, 2.24) is 10.6 Å². The second-order valence-corrected chi connectivity index (χ2v) is 6.34. The highest BCUT2D eigenvalue weighted by Gasteiger charge is 2.33. The van der Waals surface area contributed by atoms with Crippen molar-refractivity contribution in [2.24, 2.45) is 0 Å². The van der Waals surface area contributed by atoms with Crippen molar-refractivity contribution in [2.75, 3.05) is 6.61 Å². The van der Waals surface area contributed by atoms with Gasteiger partial charge in [-0.1, -0.05) is 28.1 Å². The molecule has 1 aromatic rings. The highest BCUT2D eigenvalue weighted by molar-refractivity contribution is 9.10. The fourth-order valence-corrected chi connectivity index (χ4v) is 2.67. The van der Waals surface area contributed by atoms with E-state index < -0.39 is 30.1 Å². The van der Waals surface area contributed by atoms with Crippen LogP contribution in [0.1, 0.15) is 32.4 Å². The van der Waals surface area contributed by atoms with E-state index in [0.29, 0.717) is 11.3 Å². The number of halogens is 1. The lowest BCUT2D eigenvalue weighted by atomic mass is 9.95. The molecule has 8 heteroatoms. The molecule has 0 fully saturated rings. The zero-order chi connectivity index (χ0) is 18.6. The molecule has 1 aliphatic rings. The van der Waals surface area contributed by atoms with Gasteiger partial charge in [0.15, 0.2) is 6.10 Å². The van der Waals surface area contributed by atoms with Gasteiger partial charge in [0.2, 0.25) is 0 Å². The molecular formula is C17H19BrN2O5. The van der Waals surface area contributed by atoms with E-state index in [2.05, 4.69) is 26.6 Å². The van der Waals surface area contributed by atoms with Gasteiger partial charge in [-0.25, -0.2) is 14.4 Å². The SMILES string of the molecule is CCOC(=O)[C@@H](C)OC(=O)C1=C(C)NC(=O)N[C@H]1c1ccc(Br)cc1. The van der Waals surface area contributed by atoms with Crippen LogP contribution in [0.2, 0.25) is 0 Å². The Kier molecular flexibility index (Phi) is 6.19. The lowest BCUT2D eigenvalue weighted by Crippen LogP contribution is -2.45. The van der Waals surface area contributed by atoms with Gasteiger partial charge in [0.25, 0.3) is 0 Å². The maximum atomic E-state index is 12.6. The molecule has 0 aliphatic carbocycles. The molecule has 2 atom stereocenters. The van der Waals surface area contributed by atoms with Crippen LogP contribution < -0.4 is 10.6 Å². The number of benzene rings is 1. The Morgan fingerprint density at radius 2 is 1.92 bits per heavy atom. The molecule has 0 unspecified atom stereocenters. The van der Waals surface area contributed by atoms with Crippen molar-refractivity contribution < 1.29 is 23.9 Å². The van der Waals surface area contributed by atoms with Gasteiger partial charge in [-0.15, -0.1) is 0 Å². The zero-order valence-corrected chi connectivity index (χ0v) is 15.7. The fourth-order valence-electron chi connectivity index (χ4n) is 2.40. The summed E-state index contributed by atoms with van der Waals surface area (Å²) in [6, 6.07) is 6.10. The molecule has 7 nitrogen and oxygen atoms in total. The first kappa shape index (κ1) is 19.0. The first-order valence-corrected chi connectivity index (χ1v) is 8.54. The van der Waals surface area contributed by atoms with Crippen LogP contribution in [0.15, 0.2) is 40.0 Å². The number of nitrogens with one attached hydrogen (secondary N) is 2. The Bertz CT molecular complexity index is 714. The lowest BCUT2D eigenvalue weighted by molar-refractivity contribution is -0.164. The number of allylic oxidation sites excluding steroid dienone is 1. The number of hydrogen-bond donors (Lipinski definition) is 2. The number of hydrogen-bond acceptors (Lipinski definition) is 5. The van der Waals surface area contributed by atoms with Gasteiger partial charge in [-0.3, -0.25) is 0 Å². The van der Waals surface area contributed by atoms with Crippen LogP contribution in [-0.2, 0) is 19.1 Å². The van der Waals surface area contributed by atoms with Crippen LogP contribution in [0.25, 0.3) is 0 Å². The van der Waals surface area contributed by atoms with Gasteiger partial charge in [0.1, 0.15) is 0 Å². The number of carbonyl (C=O) groups excluding carboxylic acids is 3. The van der Waals surface area contributed by atoms with E-state index in [1.165, 1.54) is 6.92 Å². The van der Waals surface area contributed by atoms with Crippen LogP contribution in [0.5, 0.6) is 0 Å². The summed E-state index contributed by atoms with van der Waals surface area (Å²) >= 11 is 3.35. The normalized spacial score (nSPS) is 18.1. The minimum atomic E-state index is -1.05. The first-order valence-electron chi connectivity index (χ1n) is 7.74. The molecular weight excluding hydrogens is 392 g/mol. The minimum absolute atomic E-state index is 0.196. The average Bonchev–Trinajstić information content (AvgIpc) is 2.54. The largest absolute Gasteiger partial charge is 0.463 e. The second-order valence-electron chi connectivity index (χ2n) is 5.42. The number of ether oxygens (including phenoxy) is 2. The van der Waals surface area contributed by atoms with Gasteiger partial charge in [-0.05, 0) is 38.5 Å². The smallest absolute Gasteiger partial charge is 0.347 e. The highest BCUT2D eigenvalue weighted by Crippen LogP contribution is 2.28. The monoisotopic (exact) mass is 410 g/mol. The number of carbonyl (C=O) groups is 3. The van der Waals surface area contributed by atoms with E-state index in [9.17, 15) is 14.4 Å². The summed E-state index contributed by atoms with van der Waals surface area (Å²) in [7, 11) is 0. The van der Waals surface area contributed by atoms with Crippen molar-refractivity contribution in [2.45, 2.75) is 32.9 Å². The number of rotatable bonds is 5. The van der Waals surface area contributed by atoms with Crippen LogP contribution in [-0.4, -0.2) is 30.7 Å². The Balaban J connectivity index is 2.28. The molecule has 25 heavy (non-hydrogen) atoms. The van der Waals surface area contributed by atoms with Gasteiger partial charge in [0.05, 0.1) is 18.2 Å². The summed E-state index contributed by atoms with van der Waals surface area (Å²) in [6.07, 6.45) is -1.05. The van der Waals surface area contributed by atoms with E-state index in [-0.39, 0.29) is 12.2 Å². The summed E-state index contributed by atoms with van der Waals surface area (Å²) in [6.45, 7) is 4.91. The quantitative estimate of drug-likeness (QED) is 0.727. The maximum absolute atomic E-state index is 12.6. The number of esters is 2. The maximum Gasteiger partial charge on any atom is 0.347 e. The molecule has 0 spiro atoms. The first-order chi connectivity index (χ1) is 11.8. The Labute approximate surface area is 153 Å². The topological polar surface area (TPSA) is 93.7 Å². The lowest BCUT2D eigenvalue weighted by Gasteiger charge is -2.28. The van der Waals surface area contributed by atoms with Crippen molar-refractivity contribution in [1.29, 1.82) is 0 Å². The van der Waals surface area contributed by atoms with Crippen LogP contribution in [0, 0.1) is 0 Å². The van der Waals surface area contributed by atoms with Crippen molar-refractivity contribution in [3.63, 3.8) is 0 Å². The highest BCUT2D eigenvalue weighted by atomic mass is 79.9. The number of amides is 2. The predicted molar refractivity (Wildman–Crippen MR) is 93.4 cm³/mol. The third kappa shape index (κ3) is 4.60. The minimum Gasteiger partial charge on any atom is -0.463 e. The van der Waals surface area contributed by atoms with Crippen LogP contribution in [0.3, 0.4) is 0 Å². The summed E-state index contributed by atoms with van der Waals surface area (Å²) in [5.74, 6) is -1.32. The third-order valence-corrected chi connectivity index (χ3v) is 4.12. The van der Waals surface area contributed by atoms with E-state index in [1.54, 1.807) is 26.0 Å². The predicted octanol–water partition coefficient (Wildman–Crippen LogP) is 2.57. The van der Waals surface area contributed by atoms with Crippen molar-refractivity contribution >= 4 is 33.9 Å². The number of urea groups is 1. The standard InChI is InChI=1S/C17H19BrN2O5/c1-4-24-15(21)10(3)25-16(22)13-9(2)19-17(23)20-14(13)11-5-7-12(18)8-6-11/h5-8,10,14H,4H2,1-3H3,(H2,19,20,23)/t10-,14+/m1/s1. The molecule has 1 heterocycles. The van der Waals surface area contributed by atoms with Crippen molar-refractivity contribution in [3.05, 3.63) is 45.6 Å². The van der Waals surface area contributed by atoms with Crippen LogP contribution in [0.4, 0.5) is 4.79 Å². The fraction of sp³-hybridized carbons (Fsp3) is 0.353. The molecule has 2 rings (SSSR count). The van der Waals surface area contributed by atoms with Crippen molar-refractivity contribution in [3.8, 4) is 0 Å². The molecule has 0 bridgehead atoms. The van der Waals surface area contributed by atoms with Crippen LogP contribution >= 0.6 is 15.9 Å². The van der Waals surface area contributed by atoms with Gasteiger partial charge >= 0.3 is 18.0 Å². The molecule has 2 N–H and O–H groups in total. The Morgan fingerprint density at radius 3 is 2.52 bits per heavy atom. The third-order valence-electron chi connectivity index (χ3n) is 3.59. The Morgan fingerprint density at radius 1 is 1.28 bits per heavy atom. The average molecular weight is 411 g/mol. The summed E-state index contributed by atoms with van der Waals surface area (Å²) in [5, 5.41) is 5.25. The molecule has 0 saturated heterocycles. The van der Waals surface area contributed by atoms with Gasteiger partial charge in [-0.2, -0.15) is 0 Å². The molecule has 1 aromatic carbocycles. The van der Waals surface area contributed by atoms with E-state index >= 15 is 0 Å². The molecule has 0 saturated carbocycles. The molecule has 134 valence electrons. The summed E-state index contributed by atoms with van der Waals surface area (Å²) in [5.41, 5.74) is 1.32. The molecule has 0 radical (unpaired) electrons. The van der Waals surface area contributed by atoms with E-state index in [4.69, 9.17) is 9.47 Å². The van der Waals surface area contributed by atoms with E-state index in [1.807, 2.05) is 12.1 Å². The van der Waals surface area contributed by atoms with E-state index in [0.717, 1.165) is 4.47 Å². The zero-order valence-electron chi connectivity index (χ0n) is 14.1. The molecule has 1 aliphatic heterocycles. The summed E-state index contributed by atoms with van der Waals surface area (Å²) in [4.78, 5) is 36.1. The second kappa shape index (κ2) is 8.15. The molecule has 2 amide bonds. The van der Waals surface area contributed by atoms with Gasteiger partial charge < -0.3 is 20.1 Å². The Hall–Kier alpha value is -2.35. The summed E-state index contributed by atoms with van der Waals surface area (Å²) < 4.78 is 10.9. The molecule has 0 aromatic heterocycles.